The van der Waals surface area contributed by atoms with Crippen molar-refractivity contribution >= 4 is 69.1 Å². The molecule has 3 heterocycles. The molecule has 1 saturated heterocycles. The lowest BCUT2D eigenvalue weighted by atomic mass is 9.87. The molecular weight excluding hydrogens is 867 g/mol. The highest BCUT2D eigenvalue weighted by molar-refractivity contribution is 8.13. The number of aliphatic hydroxyl groups excluding tert-OH is 2. The van der Waals surface area contributed by atoms with E-state index in [4.69, 9.17) is 19.5 Å². The Morgan fingerprint density at radius 1 is 1.03 bits per heavy atom. The lowest BCUT2D eigenvalue weighted by Gasteiger charge is -2.30. The van der Waals surface area contributed by atoms with Crippen molar-refractivity contribution in [3.8, 4) is 0 Å². The summed E-state index contributed by atoms with van der Waals surface area (Å²) < 4.78 is 62.2. The molecule has 3 rings (SSSR count). The Hall–Kier alpha value is -2.70. The number of unbranched alkanes of at least 4 members (excludes halogenated alkanes) is 2. The molecule has 0 spiro atoms. The molecule has 1 fully saturated rings. The zero-order valence-corrected chi connectivity index (χ0v) is 36.1. The van der Waals surface area contributed by atoms with Crippen molar-refractivity contribution in [2.75, 3.05) is 37.8 Å². The first kappa shape index (κ1) is 50.7. The number of phosphoric acid groups is 3. The van der Waals surface area contributed by atoms with Crippen LogP contribution in [0.2, 0.25) is 0 Å². The van der Waals surface area contributed by atoms with Crippen LogP contribution in [0.15, 0.2) is 24.8 Å². The van der Waals surface area contributed by atoms with Crippen LogP contribution in [0, 0.1) is 11.3 Å². The van der Waals surface area contributed by atoms with E-state index in [0.29, 0.717) is 18.1 Å². The summed E-state index contributed by atoms with van der Waals surface area (Å²) >= 11 is 1.12. The molecule has 0 aromatic carbocycles. The lowest BCUT2D eigenvalue weighted by Crippen LogP contribution is -2.46. The summed E-state index contributed by atoms with van der Waals surface area (Å²) in [5.41, 5.74) is 4.27. The number of hydrogen-bond donors (Lipinski definition) is 9. The van der Waals surface area contributed by atoms with Gasteiger partial charge in [0.2, 0.25) is 11.8 Å². The summed E-state index contributed by atoms with van der Waals surface area (Å²) in [5.74, 6) is -0.573. The topological polar surface area (TPSA) is 364 Å². The number of carbonyl (C=O) groups is 3. The van der Waals surface area contributed by atoms with Crippen LogP contribution in [-0.4, -0.2) is 123 Å². The quantitative estimate of drug-likeness (QED) is 0.0386. The van der Waals surface area contributed by atoms with Gasteiger partial charge < -0.3 is 50.9 Å². The van der Waals surface area contributed by atoms with Crippen LogP contribution in [0.5, 0.6) is 0 Å². The third kappa shape index (κ3) is 16.9. The molecule has 2 aromatic rings. The van der Waals surface area contributed by atoms with Crippen molar-refractivity contribution < 1.29 is 80.5 Å². The number of aromatic nitrogens is 4. The van der Waals surface area contributed by atoms with Gasteiger partial charge in [-0.25, -0.2) is 28.6 Å². The molecule has 7 atom stereocenters. The Morgan fingerprint density at radius 2 is 1.73 bits per heavy atom. The van der Waals surface area contributed by atoms with Gasteiger partial charge in [0.15, 0.2) is 22.8 Å². The fourth-order valence-electron chi connectivity index (χ4n) is 5.27. The van der Waals surface area contributed by atoms with Crippen LogP contribution in [-0.2, 0) is 50.7 Å². The predicted molar refractivity (Wildman–Crippen MR) is 210 cm³/mol. The maximum Gasteiger partial charge on any atom is 0.481 e. The number of thioether (sulfide) groups is 1. The number of nitrogens with one attached hydrogen (secondary N) is 2. The second-order valence-corrected chi connectivity index (χ2v) is 19.6. The van der Waals surface area contributed by atoms with E-state index >= 15 is 0 Å². The number of amides is 2. The van der Waals surface area contributed by atoms with Gasteiger partial charge in [0.05, 0.1) is 19.5 Å². The van der Waals surface area contributed by atoms with Crippen LogP contribution in [0.3, 0.4) is 0 Å². The van der Waals surface area contributed by atoms with Crippen molar-refractivity contribution in [3.63, 3.8) is 0 Å². The molecule has 2 amide bonds. The maximum atomic E-state index is 12.7. The number of carbonyl (C=O) groups excluding carboxylic acids is 3. The van der Waals surface area contributed by atoms with Gasteiger partial charge in [-0.3, -0.25) is 32.5 Å². The SMILES string of the molecule is CC(C)/C=C/CCCCC(=O)SCCNC(=O)CCNC(=O)C(O)C(C)(C)COP(=O)(O)OP(=O)(O)OC[C@H]1O[C@@H](n2cnc3c(N)ncnc32)[C@H](O)[C@@H]1OP(=O)(O)O. The Labute approximate surface area is 343 Å². The lowest BCUT2D eigenvalue weighted by molar-refractivity contribution is -0.137. The first-order valence-electron chi connectivity index (χ1n) is 18.1. The highest BCUT2D eigenvalue weighted by Crippen LogP contribution is 2.61. The Kier molecular flexibility index (Phi) is 19.2. The number of imidazole rings is 1. The molecule has 10 N–H and O–H groups in total. The second kappa shape index (κ2) is 22.4. The van der Waals surface area contributed by atoms with Crippen LogP contribution >= 0.6 is 35.2 Å². The predicted octanol–water partition coefficient (Wildman–Crippen LogP) is 1.44. The average molecular weight is 920 g/mol. The van der Waals surface area contributed by atoms with E-state index < -0.39 is 84.6 Å². The smallest absolute Gasteiger partial charge is 0.386 e. The minimum Gasteiger partial charge on any atom is -0.386 e. The number of rotatable bonds is 25. The van der Waals surface area contributed by atoms with Gasteiger partial charge in [-0.2, -0.15) is 4.31 Å². The largest absolute Gasteiger partial charge is 0.481 e. The molecule has 334 valence electrons. The van der Waals surface area contributed by atoms with Crippen molar-refractivity contribution in [3.05, 3.63) is 24.8 Å². The molecule has 0 bridgehead atoms. The van der Waals surface area contributed by atoms with Gasteiger partial charge in [-0.05, 0) is 25.2 Å². The molecule has 59 heavy (non-hydrogen) atoms. The Balaban J connectivity index is 1.43. The van der Waals surface area contributed by atoms with Crippen LogP contribution in [0.25, 0.3) is 11.2 Å². The first-order chi connectivity index (χ1) is 27.4. The van der Waals surface area contributed by atoms with Crippen LogP contribution < -0.4 is 16.4 Å². The van der Waals surface area contributed by atoms with E-state index in [1.165, 1.54) is 13.8 Å². The van der Waals surface area contributed by atoms with Crippen molar-refractivity contribution in [1.82, 2.24) is 30.2 Å². The van der Waals surface area contributed by atoms with E-state index in [-0.39, 0.29) is 41.6 Å². The fraction of sp³-hybridized carbons (Fsp3) is 0.677. The van der Waals surface area contributed by atoms with Gasteiger partial charge >= 0.3 is 23.5 Å². The normalized spacial score (nSPS) is 21.4. The minimum absolute atomic E-state index is 0.0314. The third-order valence-electron chi connectivity index (χ3n) is 8.29. The molecule has 1 aliphatic rings. The number of nitrogens with two attached hydrogens (primary N) is 1. The molecule has 0 saturated carbocycles. The molecule has 1 aliphatic heterocycles. The van der Waals surface area contributed by atoms with Gasteiger partial charge in [-0.1, -0.05) is 51.6 Å². The van der Waals surface area contributed by atoms with E-state index in [2.05, 4.69) is 60.4 Å². The van der Waals surface area contributed by atoms with E-state index in [1.54, 1.807) is 0 Å². The Morgan fingerprint density at radius 3 is 2.41 bits per heavy atom. The number of anilines is 1. The van der Waals surface area contributed by atoms with Gasteiger partial charge in [0, 0.05) is 37.1 Å². The molecule has 3 unspecified atom stereocenters. The number of ether oxygens (including phenoxy) is 1. The van der Waals surface area contributed by atoms with E-state index in [1.807, 2.05) is 0 Å². The zero-order valence-electron chi connectivity index (χ0n) is 32.6. The fourth-order valence-corrected chi connectivity index (χ4v) is 8.82. The Bertz CT molecular complexity index is 1910. The number of nitrogen functional groups attached to an aromatic ring is 1. The number of aliphatic hydroxyl groups is 2. The molecule has 0 aliphatic carbocycles. The first-order valence-corrected chi connectivity index (χ1v) is 23.6. The monoisotopic (exact) mass is 919 g/mol. The number of fused-ring (bicyclic) bond motifs is 1. The molecule has 28 heteroatoms. The van der Waals surface area contributed by atoms with Gasteiger partial charge in [0.1, 0.15) is 36.3 Å². The van der Waals surface area contributed by atoms with E-state index in [9.17, 15) is 57.9 Å². The third-order valence-corrected chi connectivity index (χ3v) is 12.3. The molecule has 24 nitrogen and oxygen atoms in total. The highest BCUT2D eigenvalue weighted by atomic mass is 32.2. The number of phosphoric ester groups is 3. The summed E-state index contributed by atoms with van der Waals surface area (Å²) in [6.07, 6.45) is 0.373. The van der Waals surface area contributed by atoms with Gasteiger partial charge in [-0.15, -0.1) is 0 Å². The molecule has 2 aromatic heterocycles. The van der Waals surface area contributed by atoms with Gasteiger partial charge in [0.25, 0.3) is 0 Å². The molecule has 0 radical (unpaired) electrons. The summed E-state index contributed by atoms with van der Waals surface area (Å²) in [7, 11) is -16.4. The zero-order chi connectivity index (χ0) is 44.2. The summed E-state index contributed by atoms with van der Waals surface area (Å²) in [6.45, 7) is 4.72. The number of nitrogens with zero attached hydrogens (tertiary/aromatic N) is 4. The van der Waals surface area contributed by atoms with E-state index in [0.717, 1.165) is 48.2 Å². The van der Waals surface area contributed by atoms with Crippen LogP contribution in [0.1, 0.15) is 66.0 Å². The number of allylic oxidation sites excluding steroid dienone is 2. The summed E-state index contributed by atoms with van der Waals surface area (Å²) in [4.78, 5) is 87.8. The summed E-state index contributed by atoms with van der Waals surface area (Å²) in [6, 6.07) is 0. The average Bonchev–Trinajstić information content (AvgIpc) is 3.69. The summed E-state index contributed by atoms with van der Waals surface area (Å²) in [5, 5.41) is 26.5. The van der Waals surface area contributed by atoms with Crippen molar-refractivity contribution in [1.29, 1.82) is 0 Å². The van der Waals surface area contributed by atoms with Crippen molar-refractivity contribution in [2.45, 2.75) is 90.4 Å². The standard InChI is InChI=1S/C31H52N7O17P3S/c1-19(2)9-7-5-6-8-10-22(40)59-14-13-33-21(39)11-12-34-29(43)26(42)31(3,4)16-52-58(49,50)55-57(47,48)51-15-20-25(54-56(44,45)46)24(41)30(53-20)38-18-37-23-27(32)35-17-36-28(23)38/h7,9,17-20,24-26,30,41-42H,5-6,8,10-16H2,1-4H3,(H,33,39)(H,34,43)(H,47,48)(H,49,50)(H2,32,35,36)(H2,44,45,46)/b9-7+/t20-,24-,25-,26?,30-/m1/s1. The van der Waals surface area contributed by atoms with Crippen LogP contribution in [0.4, 0.5) is 5.82 Å². The minimum atomic E-state index is -5.57. The van der Waals surface area contributed by atoms with Crippen molar-refractivity contribution in [2.24, 2.45) is 11.3 Å². The second-order valence-electron chi connectivity index (χ2n) is 14.2. The number of hydrogen-bond acceptors (Lipinski definition) is 18. The molecular formula is C31H52N7O17P3S. The maximum absolute atomic E-state index is 12.7. The highest BCUT2D eigenvalue weighted by Gasteiger charge is 2.50.